The van der Waals surface area contributed by atoms with E-state index in [1.807, 2.05) is 0 Å². The van der Waals surface area contributed by atoms with Crippen LogP contribution < -0.4 is 0 Å². The van der Waals surface area contributed by atoms with Gasteiger partial charge < -0.3 is 10.2 Å². The van der Waals surface area contributed by atoms with Gasteiger partial charge in [-0.05, 0) is 37.8 Å². The van der Waals surface area contributed by atoms with Crippen molar-refractivity contribution in [2.24, 2.45) is 11.0 Å². The molecule has 1 aliphatic carbocycles. The van der Waals surface area contributed by atoms with Gasteiger partial charge in [-0.3, -0.25) is 4.79 Å². The Bertz CT molecular complexity index is 717. The molecule has 2 N–H and O–H groups in total. The Hall–Kier alpha value is -2.09. The molecule has 8 heteroatoms. The van der Waals surface area contributed by atoms with Crippen LogP contribution in [-0.4, -0.2) is 38.7 Å². The van der Waals surface area contributed by atoms with Crippen LogP contribution >= 0.6 is 0 Å². The van der Waals surface area contributed by atoms with Crippen molar-refractivity contribution in [1.82, 2.24) is 5.01 Å². The van der Waals surface area contributed by atoms with Crippen LogP contribution in [0.4, 0.5) is 13.2 Å². The molecular formula is C16H17F3N2O3. The molecule has 0 unspecified atom stereocenters. The van der Waals surface area contributed by atoms with E-state index in [-0.39, 0.29) is 22.7 Å². The maximum atomic E-state index is 13.6. The van der Waals surface area contributed by atoms with Gasteiger partial charge in [0.15, 0.2) is 0 Å². The number of aryl methyl sites for hydroxylation is 1. The van der Waals surface area contributed by atoms with Gasteiger partial charge in [0, 0.05) is 5.71 Å². The van der Waals surface area contributed by atoms with Crippen LogP contribution in [0.25, 0.3) is 0 Å². The number of carbonyl (C=O) groups is 1. The van der Waals surface area contributed by atoms with Crippen molar-refractivity contribution < 1.29 is 28.2 Å². The van der Waals surface area contributed by atoms with Crippen LogP contribution in [0.3, 0.4) is 0 Å². The number of carbonyl (C=O) groups excluding carboxylic acids is 1. The number of halogens is 3. The molecule has 1 aromatic rings. The number of aromatic hydroxyl groups is 1. The van der Waals surface area contributed by atoms with E-state index < -0.39 is 29.5 Å². The molecule has 1 fully saturated rings. The molecule has 130 valence electrons. The minimum absolute atomic E-state index is 0.104. The van der Waals surface area contributed by atoms with Gasteiger partial charge in [-0.2, -0.15) is 23.3 Å². The minimum atomic E-state index is -5.06. The van der Waals surface area contributed by atoms with Gasteiger partial charge in [0.2, 0.25) is 0 Å². The molecule has 24 heavy (non-hydrogen) atoms. The number of para-hydroxylation sites is 1. The summed E-state index contributed by atoms with van der Waals surface area (Å²) in [6, 6.07) is 4.19. The molecule has 1 aromatic carbocycles. The molecular weight excluding hydrogens is 325 g/mol. The third-order valence-electron chi connectivity index (χ3n) is 4.69. The molecule has 1 saturated carbocycles. The van der Waals surface area contributed by atoms with Gasteiger partial charge in [0.1, 0.15) is 5.75 Å². The van der Waals surface area contributed by atoms with Gasteiger partial charge >= 0.3 is 6.18 Å². The van der Waals surface area contributed by atoms with E-state index in [2.05, 4.69) is 5.10 Å². The molecule has 0 aromatic heterocycles. The predicted molar refractivity (Wildman–Crippen MR) is 79.4 cm³/mol. The van der Waals surface area contributed by atoms with E-state index >= 15 is 0 Å². The number of alkyl halides is 3. The average molecular weight is 342 g/mol. The SMILES string of the molecule is Cc1cccc(C(=O)N2N=C3CCCC[C@H]3[C@@]2(O)C(F)(F)F)c1O. The highest BCUT2D eigenvalue weighted by atomic mass is 19.4. The summed E-state index contributed by atoms with van der Waals surface area (Å²) in [7, 11) is 0. The first kappa shape index (κ1) is 16.8. The van der Waals surface area contributed by atoms with Crippen molar-refractivity contribution in [3.05, 3.63) is 29.3 Å². The molecule has 0 spiro atoms. The van der Waals surface area contributed by atoms with E-state index in [1.165, 1.54) is 25.1 Å². The minimum Gasteiger partial charge on any atom is -0.507 e. The van der Waals surface area contributed by atoms with Crippen LogP contribution in [0.15, 0.2) is 23.3 Å². The zero-order valence-electron chi connectivity index (χ0n) is 13.0. The lowest BCUT2D eigenvalue weighted by molar-refractivity contribution is -0.312. The summed E-state index contributed by atoms with van der Waals surface area (Å²) in [5.74, 6) is -2.85. The summed E-state index contributed by atoms with van der Waals surface area (Å²) in [5, 5.41) is 24.4. The van der Waals surface area contributed by atoms with Crippen molar-refractivity contribution in [3.63, 3.8) is 0 Å². The number of fused-ring (bicyclic) bond motifs is 1. The highest BCUT2D eigenvalue weighted by Gasteiger charge is 2.68. The zero-order chi connectivity index (χ0) is 17.7. The number of hydrogen-bond acceptors (Lipinski definition) is 4. The number of amides is 1. The third-order valence-corrected chi connectivity index (χ3v) is 4.69. The van der Waals surface area contributed by atoms with Crippen LogP contribution in [0.2, 0.25) is 0 Å². The van der Waals surface area contributed by atoms with Gasteiger partial charge in [0.05, 0.1) is 11.5 Å². The van der Waals surface area contributed by atoms with Gasteiger partial charge in [0.25, 0.3) is 11.6 Å². The maximum Gasteiger partial charge on any atom is 0.439 e. The maximum absolute atomic E-state index is 13.6. The molecule has 0 radical (unpaired) electrons. The first-order chi connectivity index (χ1) is 11.2. The molecule has 1 amide bonds. The lowest BCUT2D eigenvalue weighted by Crippen LogP contribution is -2.61. The first-order valence-electron chi connectivity index (χ1n) is 7.67. The second-order valence-electron chi connectivity index (χ2n) is 6.20. The van der Waals surface area contributed by atoms with E-state index in [9.17, 15) is 28.2 Å². The summed E-state index contributed by atoms with van der Waals surface area (Å²) in [4.78, 5) is 12.6. The topological polar surface area (TPSA) is 73.1 Å². The summed E-state index contributed by atoms with van der Waals surface area (Å²) in [5.41, 5.74) is -3.17. The Morgan fingerprint density at radius 1 is 1.38 bits per heavy atom. The fourth-order valence-electron chi connectivity index (χ4n) is 3.36. The van der Waals surface area contributed by atoms with E-state index in [0.717, 1.165) is 0 Å². The lowest BCUT2D eigenvalue weighted by Gasteiger charge is -2.38. The van der Waals surface area contributed by atoms with Crippen molar-refractivity contribution in [3.8, 4) is 5.75 Å². The Balaban J connectivity index is 2.09. The van der Waals surface area contributed by atoms with Gasteiger partial charge in [-0.15, -0.1) is 0 Å². The number of aliphatic hydroxyl groups is 1. The highest BCUT2D eigenvalue weighted by molar-refractivity contribution is 6.01. The number of phenols is 1. The van der Waals surface area contributed by atoms with Gasteiger partial charge in [-0.25, -0.2) is 0 Å². The smallest absolute Gasteiger partial charge is 0.439 e. The summed E-state index contributed by atoms with van der Waals surface area (Å²) in [6.45, 7) is 1.53. The molecule has 0 saturated heterocycles. The quantitative estimate of drug-likeness (QED) is 0.824. The third kappa shape index (κ3) is 2.28. The van der Waals surface area contributed by atoms with Crippen molar-refractivity contribution in [2.75, 3.05) is 0 Å². The fraction of sp³-hybridized carbons (Fsp3) is 0.500. The molecule has 2 aliphatic rings. The number of hydrazone groups is 1. The van der Waals surface area contributed by atoms with Crippen LogP contribution in [0.5, 0.6) is 5.75 Å². The summed E-state index contributed by atoms with van der Waals surface area (Å²) in [6.07, 6.45) is -3.44. The summed E-state index contributed by atoms with van der Waals surface area (Å²) < 4.78 is 40.9. The number of rotatable bonds is 1. The zero-order valence-corrected chi connectivity index (χ0v) is 13.0. The largest absolute Gasteiger partial charge is 0.507 e. The number of hydrogen-bond donors (Lipinski definition) is 2. The standard InChI is InChI=1S/C16H17F3N2O3/c1-9-5-4-6-10(13(9)22)14(23)21-15(24,16(17,18)19)11-7-2-3-8-12(11)20-21/h4-6,11,22,24H,2-3,7-8H2,1H3/t11-,15-/m1/s1. The Morgan fingerprint density at radius 2 is 2.08 bits per heavy atom. The van der Waals surface area contributed by atoms with Crippen molar-refractivity contribution >= 4 is 11.6 Å². The molecule has 1 aliphatic heterocycles. The number of phenolic OH excluding ortho intramolecular Hbond substituents is 1. The molecule has 5 nitrogen and oxygen atoms in total. The molecule has 2 atom stereocenters. The van der Waals surface area contributed by atoms with E-state index in [1.54, 1.807) is 0 Å². The Kier molecular flexibility index (Phi) is 3.82. The molecule has 3 rings (SSSR count). The van der Waals surface area contributed by atoms with Crippen LogP contribution in [-0.2, 0) is 0 Å². The van der Waals surface area contributed by atoms with Gasteiger partial charge in [-0.1, -0.05) is 18.6 Å². The van der Waals surface area contributed by atoms with Crippen molar-refractivity contribution in [1.29, 1.82) is 0 Å². The van der Waals surface area contributed by atoms with Crippen LogP contribution in [0.1, 0.15) is 41.6 Å². The number of nitrogens with zero attached hydrogens (tertiary/aromatic N) is 2. The second kappa shape index (κ2) is 5.47. The first-order valence-corrected chi connectivity index (χ1v) is 7.67. The average Bonchev–Trinajstić information content (AvgIpc) is 2.84. The lowest BCUT2D eigenvalue weighted by atomic mass is 9.80. The predicted octanol–water partition coefficient (Wildman–Crippen LogP) is 2.95. The monoisotopic (exact) mass is 342 g/mol. The van der Waals surface area contributed by atoms with E-state index in [0.29, 0.717) is 24.8 Å². The Morgan fingerprint density at radius 3 is 2.75 bits per heavy atom. The van der Waals surface area contributed by atoms with Crippen LogP contribution in [0, 0.1) is 12.8 Å². The highest BCUT2D eigenvalue weighted by Crippen LogP contribution is 2.48. The molecule has 0 bridgehead atoms. The molecule has 1 heterocycles. The second-order valence-corrected chi connectivity index (χ2v) is 6.20. The van der Waals surface area contributed by atoms with Crippen molar-refractivity contribution in [2.45, 2.75) is 44.5 Å². The fourth-order valence-corrected chi connectivity index (χ4v) is 3.36. The van der Waals surface area contributed by atoms with E-state index in [4.69, 9.17) is 0 Å². The Labute approximate surface area is 136 Å². The summed E-state index contributed by atoms with van der Waals surface area (Å²) >= 11 is 0. The normalized spacial score (nSPS) is 27.0. The number of benzene rings is 1.